The largest absolute Gasteiger partial charge is 0.308 e. The Labute approximate surface area is 135 Å². The molecule has 0 aliphatic rings. The molecular formula is C14H16Br2N4. The maximum absolute atomic E-state index is 5.51. The normalized spacial score (nSPS) is 11.5. The number of hydrogen-bond acceptors (Lipinski definition) is 4. The quantitative estimate of drug-likeness (QED) is 0.585. The summed E-state index contributed by atoms with van der Waals surface area (Å²) in [5.74, 6) is 6.77. The SMILES string of the molecule is CC(C)(C)c1cc(NN)nc(-c2ccc(Br)c(Br)c2)n1. The number of halogens is 2. The summed E-state index contributed by atoms with van der Waals surface area (Å²) in [6, 6.07) is 7.78. The van der Waals surface area contributed by atoms with Gasteiger partial charge in [0.1, 0.15) is 5.82 Å². The fraction of sp³-hybridized carbons (Fsp3) is 0.286. The first-order chi connectivity index (χ1) is 9.31. The summed E-state index contributed by atoms with van der Waals surface area (Å²) in [6.07, 6.45) is 0. The number of nitrogens with zero attached hydrogens (tertiary/aromatic N) is 2. The molecule has 0 aliphatic heterocycles. The van der Waals surface area contributed by atoms with Crippen molar-refractivity contribution >= 4 is 37.7 Å². The van der Waals surface area contributed by atoms with Crippen molar-refractivity contribution in [1.29, 1.82) is 0 Å². The zero-order chi connectivity index (χ0) is 14.9. The summed E-state index contributed by atoms with van der Waals surface area (Å²) in [5, 5.41) is 0. The van der Waals surface area contributed by atoms with E-state index in [1.165, 1.54) is 0 Å². The van der Waals surface area contributed by atoms with Crippen LogP contribution in [0.2, 0.25) is 0 Å². The Balaban J connectivity index is 2.58. The number of hydrazine groups is 1. The third-order valence-electron chi connectivity index (χ3n) is 2.82. The predicted molar refractivity (Wildman–Crippen MR) is 89.4 cm³/mol. The van der Waals surface area contributed by atoms with Crippen LogP contribution in [0.25, 0.3) is 11.4 Å². The maximum atomic E-state index is 5.51. The van der Waals surface area contributed by atoms with Gasteiger partial charge in [0.25, 0.3) is 0 Å². The van der Waals surface area contributed by atoms with E-state index in [-0.39, 0.29) is 5.41 Å². The predicted octanol–water partition coefficient (Wildman–Crippen LogP) is 4.25. The third-order valence-corrected chi connectivity index (χ3v) is 4.70. The lowest BCUT2D eigenvalue weighted by atomic mass is 9.92. The highest BCUT2D eigenvalue weighted by Crippen LogP contribution is 2.30. The lowest BCUT2D eigenvalue weighted by molar-refractivity contribution is 0.568. The first-order valence-corrected chi connectivity index (χ1v) is 7.71. The standard InChI is InChI=1S/C14H16Br2N4/c1-14(2,3)11-7-12(20-17)19-13(18-11)8-4-5-9(15)10(16)6-8/h4-7H,17H2,1-3H3,(H,18,19,20). The molecule has 0 aliphatic carbocycles. The number of benzene rings is 1. The molecule has 1 aromatic heterocycles. The van der Waals surface area contributed by atoms with Crippen molar-refractivity contribution in [3.05, 3.63) is 38.9 Å². The summed E-state index contributed by atoms with van der Waals surface area (Å²) in [5.41, 5.74) is 4.40. The molecule has 0 saturated carbocycles. The highest BCUT2D eigenvalue weighted by Gasteiger charge is 2.18. The van der Waals surface area contributed by atoms with Gasteiger partial charge in [0.05, 0.1) is 5.69 Å². The van der Waals surface area contributed by atoms with E-state index >= 15 is 0 Å². The van der Waals surface area contributed by atoms with Crippen molar-refractivity contribution < 1.29 is 0 Å². The molecule has 0 fully saturated rings. The van der Waals surface area contributed by atoms with Crippen LogP contribution < -0.4 is 11.3 Å². The molecule has 1 aromatic carbocycles. The van der Waals surface area contributed by atoms with Gasteiger partial charge in [0, 0.05) is 26.0 Å². The zero-order valence-corrected chi connectivity index (χ0v) is 14.7. The maximum Gasteiger partial charge on any atom is 0.161 e. The number of anilines is 1. The fourth-order valence-corrected chi connectivity index (χ4v) is 2.30. The van der Waals surface area contributed by atoms with Gasteiger partial charge >= 0.3 is 0 Å². The van der Waals surface area contributed by atoms with E-state index in [4.69, 9.17) is 5.84 Å². The second kappa shape index (κ2) is 5.79. The summed E-state index contributed by atoms with van der Waals surface area (Å²) >= 11 is 6.95. The van der Waals surface area contributed by atoms with Crippen molar-refractivity contribution in [2.45, 2.75) is 26.2 Å². The van der Waals surface area contributed by atoms with Gasteiger partial charge in [-0.25, -0.2) is 15.8 Å². The molecular weight excluding hydrogens is 384 g/mol. The van der Waals surface area contributed by atoms with E-state index in [9.17, 15) is 0 Å². The molecule has 3 N–H and O–H groups in total. The van der Waals surface area contributed by atoms with Crippen LogP contribution >= 0.6 is 31.9 Å². The van der Waals surface area contributed by atoms with E-state index in [0.717, 1.165) is 20.2 Å². The van der Waals surface area contributed by atoms with Crippen molar-refractivity contribution in [3.8, 4) is 11.4 Å². The van der Waals surface area contributed by atoms with Gasteiger partial charge < -0.3 is 5.43 Å². The van der Waals surface area contributed by atoms with Crippen LogP contribution in [0, 0.1) is 0 Å². The smallest absolute Gasteiger partial charge is 0.161 e. The molecule has 2 aromatic rings. The molecule has 106 valence electrons. The molecule has 0 spiro atoms. The Hall–Kier alpha value is -0.980. The van der Waals surface area contributed by atoms with Crippen molar-refractivity contribution in [3.63, 3.8) is 0 Å². The summed E-state index contributed by atoms with van der Waals surface area (Å²) in [4.78, 5) is 9.07. The van der Waals surface area contributed by atoms with Crippen LogP contribution in [0.5, 0.6) is 0 Å². The number of aromatic nitrogens is 2. The Kier molecular flexibility index (Phi) is 4.46. The second-order valence-electron chi connectivity index (χ2n) is 5.49. The minimum absolute atomic E-state index is 0.0735. The molecule has 0 amide bonds. The minimum Gasteiger partial charge on any atom is -0.308 e. The van der Waals surface area contributed by atoms with E-state index in [0.29, 0.717) is 11.6 Å². The van der Waals surface area contributed by atoms with Crippen LogP contribution in [0.4, 0.5) is 5.82 Å². The minimum atomic E-state index is -0.0735. The van der Waals surface area contributed by atoms with Gasteiger partial charge in [-0.1, -0.05) is 20.8 Å². The van der Waals surface area contributed by atoms with Crippen LogP contribution in [0.15, 0.2) is 33.2 Å². The van der Waals surface area contributed by atoms with Gasteiger partial charge in [-0.15, -0.1) is 0 Å². The van der Waals surface area contributed by atoms with Gasteiger partial charge in [-0.3, -0.25) is 0 Å². The monoisotopic (exact) mass is 398 g/mol. The highest BCUT2D eigenvalue weighted by atomic mass is 79.9. The molecule has 0 saturated heterocycles. The lowest BCUT2D eigenvalue weighted by Crippen LogP contribution is -2.17. The Bertz CT molecular complexity index is 636. The molecule has 6 heteroatoms. The summed E-state index contributed by atoms with van der Waals surface area (Å²) in [6.45, 7) is 6.32. The molecule has 0 radical (unpaired) electrons. The third kappa shape index (κ3) is 3.37. The zero-order valence-electron chi connectivity index (χ0n) is 11.5. The summed E-state index contributed by atoms with van der Waals surface area (Å²) < 4.78 is 1.95. The number of nitrogen functional groups attached to an aromatic ring is 1. The first-order valence-electron chi connectivity index (χ1n) is 6.13. The molecule has 0 unspecified atom stereocenters. The average Bonchev–Trinajstić information content (AvgIpc) is 2.40. The van der Waals surface area contributed by atoms with Gasteiger partial charge in [0.2, 0.25) is 0 Å². The molecule has 0 bridgehead atoms. The van der Waals surface area contributed by atoms with Crippen LogP contribution in [-0.4, -0.2) is 9.97 Å². The van der Waals surface area contributed by atoms with Crippen molar-refractivity contribution in [2.75, 3.05) is 5.43 Å². The molecule has 2 rings (SSSR count). The number of nitrogens with two attached hydrogens (primary N) is 1. The summed E-state index contributed by atoms with van der Waals surface area (Å²) in [7, 11) is 0. The van der Waals surface area contributed by atoms with Gasteiger partial charge in [0.15, 0.2) is 5.82 Å². The first kappa shape index (κ1) is 15.4. The number of hydrogen-bond donors (Lipinski definition) is 2. The van der Waals surface area contributed by atoms with Gasteiger partial charge in [-0.05, 0) is 50.1 Å². The van der Waals surface area contributed by atoms with Crippen LogP contribution in [0.1, 0.15) is 26.5 Å². The van der Waals surface area contributed by atoms with E-state index in [2.05, 4.69) is 68.0 Å². The Morgan fingerprint density at radius 2 is 1.75 bits per heavy atom. The van der Waals surface area contributed by atoms with E-state index < -0.39 is 0 Å². The topological polar surface area (TPSA) is 63.8 Å². The molecule has 4 nitrogen and oxygen atoms in total. The number of rotatable bonds is 2. The lowest BCUT2D eigenvalue weighted by Gasteiger charge is -2.19. The molecule has 20 heavy (non-hydrogen) atoms. The molecule has 1 heterocycles. The second-order valence-corrected chi connectivity index (χ2v) is 7.19. The van der Waals surface area contributed by atoms with Crippen molar-refractivity contribution in [2.24, 2.45) is 5.84 Å². The van der Waals surface area contributed by atoms with Crippen LogP contribution in [0.3, 0.4) is 0 Å². The van der Waals surface area contributed by atoms with E-state index in [1.807, 2.05) is 24.3 Å². The van der Waals surface area contributed by atoms with Crippen LogP contribution in [-0.2, 0) is 5.41 Å². The van der Waals surface area contributed by atoms with Crippen molar-refractivity contribution in [1.82, 2.24) is 9.97 Å². The average molecular weight is 400 g/mol. The number of nitrogens with one attached hydrogen (secondary N) is 1. The Morgan fingerprint density at radius 3 is 2.30 bits per heavy atom. The van der Waals surface area contributed by atoms with Gasteiger partial charge in [-0.2, -0.15) is 0 Å². The van der Waals surface area contributed by atoms with E-state index in [1.54, 1.807) is 0 Å². The highest BCUT2D eigenvalue weighted by molar-refractivity contribution is 9.13. The Morgan fingerprint density at radius 1 is 1.05 bits per heavy atom. The fourth-order valence-electron chi connectivity index (χ4n) is 1.67. The molecule has 0 atom stereocenters.